The molecule has 0 aromatic heterocycles. The molecule has 0 aliphatic carbocycles. The van der Waals surface area contributed by atoms with Crippen LogP contribution in [0.4, 0.5) is 5.69 Å². The van der Waals surface area contributed by atoms with Gasteiger partial charge in [0.25, 0.3) is 15.9 Å². The van der Waals surface area contributed by atoms with E-state index in [9.17, 15) is 21.6 Å². The van der Waals surface area contributed by atoms with Gasteiger partial charge in [0.2, 0.25) is 0 Å². The molecule has 0 unspecified atom stereocenters. The minimum atomic E-state index is -4.04. The summed E-state index contributed by atoms with van der Waals surface area (Å²) in [6.45, 7) is 5.06. The van der Waals surface area contributed by atoms with Gasteiger partial charge in [0.05, 0.1) is 27.9 Å². The SMILES string of the molecule is C=CCN(c1ccccc1Cl)S(=O)(=O)c1cccc(C(=O)NCCS(=O)(=O)CC)c1. The van der Waals surface area contributed by atoms with E-state index in [0.717, 1.165) is 4.31 Å². The minimum Gasteiger partial charge on any atom is -0.351 e. The Labute approximate surface area is 182 Å². The third kappa shape index (κ3) is 5.84. The van der Waals surface area contributed by atoms with Gasteiger partial charge in [-0.3, -0.25) is 9.10 Å². The van der Waals surface area contributed by atoms with E-state index in [4.69, 9.17) is 11.6 Å². The number of halogens is 1. The zero-order valence-corrected chi connectivity index (χ0v) is 18.8. The summed E-state index contributed by atoms with van der Waals surface area (Å²) in [6.07, 6.45) is 1.44. The average Bonchev–Trinajstić information content (AvgIpc) is 2.72. The fraction of sp³-hybridized carbons (Fsp3) is 0.250. The van der Waals surface area contributed by atoms with E-state index < -0.39 is 25.8 Å². The second kappa shape index (κ2) is 10.1. The minimum absolute atomic E-state index is 0.0161. The Kier molecular flexibility index (Phi) is 8.05. The van der Waals surface area contributed by atoms with Crippen molar-refractivity contribution in [2.75, 3.05) is 28.9 Å². The van der Waals surface area contributed by atoms with E-state index in [-0.39, 0.29) is 40.1 Å². The number of rotatable bonds is 10. The topological polar surface area (TPSA) is 101 Å². The number of sulfonamides is 1. The standard InChI is InChI=1S/C20H23ClN2O5S2/c1-3-13-23(19-11-6-5-10-18(19)21)30(27,28)17-9-7-8-16(15-17)20(24)22-12-14-29(25,26)4-2/h3,5-11,15H,1,4,12-14H2,2H3,(H,22,24). The molecule has 2 aromatic carbocycles. The van der Waals surface area contributed by atoms with Gasteiger partial charge in [-0.1, -0.05) is 42.8 Å². The highest BCUT2D eigenvalue weighted by Crippen LogP contribution is 2.30. The Morgan fingerprint density at radius 3 is 2.47 bits per heavy atom. The first-order valence-corrected chi connectivity index (χ1v) is 12.7. The molecule has 0 saturated carbocycles. The van der Waals surface area contributed by atoms with E-state index in [2.05, 4.69) is 11.9 Å². The monoisotopic (exact) mass is 470 g/mol. The first-order chi connectivity index (χ1) is 14.1. The molecule has 0 saturated heterocycles. The molecule has 0 spiro atoms. The molecule has 0 radical (unpaired) electrons. The highest BCUT2D eigenvalue weighted by molar-refractivity contribution is 7.93. The second-order valence-corrected chi connectivity index (χ2v) is 11.0. The van der Waals surface area contributed by atoms with Crippen molar-refractivity contribution >= 4 is 43.1 Å². The number of para-hydroxylation sites is 1. The summed E-state index contributed by atoms with van der Waals surface area (Å²) in [6, 6.07) is 12.0. The van der Waals surface area contributed by atoms with Gasteiger partial charge in [-0.25, -0.2) is 16.8 Å². The zero-order valence-electron chi connectivity index (χ0n) is 16.4. The van der Waals surface area contributed by atoms with Crippen molar-refractivity contribution in [3.05, 3.63) is 71.8 Å². The molecular weight excluding hydrogens is 448 g/mol. The van der Waals surface area contributed by atoms with Crippen LogP contribution in [0.25, 0.3) is 0 Å². The van der Waals surface area contributed by atoms with Crippen LogP contribution >= 0.6 is 11.6 Å². The number of benzene rings is 2. The largest absolute Gasteiger partial charge is 0.351 e. The molecular formula is C20H23ClN2O5S2. The van der Waals surface area contributed by atoms with E-state index in [1.807, 2.05) is 0 Å². The molecule has 30 heavy (non-hydrogen) atoms. The lowest BCUT2D eigenvalue weighted by Gasteiger charge is -2.24. The van der Waals surface area contributed by atoms with E-state index >= 15 is 0 Å². The highest BCUT2D eigenvalue weighted by Gasteiger charge is 2.26. The van der Waals surface area contributed by atoms with Crippen LogP contribution in [0.2, 0.25) is 5.02 Å². The third-order valence-electron chi connectivity index (χ3n) is 4.24. The first kappa shape index (κ1) is 23.9. The fourth-order valence-corrected chi connectivity index (χ4v) is 5.08. The Balaban J connectivity index is 2.31. The lowest BCUT2D eigenvalue weighted by Crippen LogP contribution is -2.32. The van der Waals surface area contributed by atoms with Gasteiger partial charge in [0.15, 0.2) is 9.84 Å². The van der Waals surface area contributed by atoms with Crippen LogP contribution in [0.3, 0.4) is 0 Å². The molecule has 7 nitrogen and oxygen atoms in total. The van der Waals surface area contributed by atoms with Crippen LogP contribution in [0.5, 0.6) is 0 Å². The smallest absolute Gasteiger partial charge is 0.264 e. The molecule has 1 N–H and O–H groups in total. The van der Waals surface area contributed by atoms with Crippen molar-refractivity contribution in [1.82, 2.24) is 5.32 Å². The maximum Gasteiger partial charge on any atom is 0.264 e. The maximum absolute atomic E-state index is 13.2. The van der Waals surface area contributed by atoms with Crippen molar-refractivity contribution < 1.29 is 21.6 Å². The number of hydrogen-bond donors (Lipinski definition) is 1. The summed E-state index contributed by atoms with van der Waals surface area (Å²) >= 11 is 6.18. The number of anilines is 1. The van der Waals surface area contributed by atoms with Crippen molar-refractivity contribution in [3.63, 3.8) is 0 Å². The number of nitrogens with one attached hydrogen (secondary N) is 1. The van der Waals surface area contributed by atoms with Crippen LogP contribution in [0.15, 0.2) is 66.1 Å². The van der Waals surface area contributed by atoms with E-state index in [1.165, 1.54) is 37.3 Å². The summed E-state index contributed by atoms with van der Waals surface area (Å²) in [5, 5.41) is 2.76. The molecule has 2 rings (SSSR count). The van der Waals surface area contributed by atoms with Crippen molar-refractivity contribution in [2.24, 2.45) is 0 Å². The number of carbonyl (C=O) groups is 1. The number of hydrogen-bond acceptors (Lipinski definition) is 5. The normalized spacial score (nSPS) is 11.7. The van der Waals surface area contributed by atoms with E-state index in [0.29, 0.717) is 5.69 Å². The van der Waals surface area contributed by atoms with Gasteiger partial charge >= 0.3 is 0 Å². The van der Waals surface area contributed by atoms with Crippen molar-refractivity contribution in [1.29, 1.82) is 0 Å². The molecule has 0 atom stereocenters. The fourth-order valence-electron chi connectivity index (χ4n) is 2.59. The molecule has 0 bridgehead atoms. The predicted molar refractivity (Wildman–Crippen MR) is 119 cm³/mol. The Bertz CT molecular complexity index is 1130. The van der Waals surface area contributed by atoms with E-state index in [1.54, 1.807) is 24.3 Å². The summed E-state index contributed by atoms with van der Waals surface area (Å²) in [5.41, 5.74) is 0.390. The molecule has 2 aromatic rings. The maximum atomic E-state index is 13.2. The molecule has 10 heteroatoms. The third-order valence-corrected chi connectivity index (χ3v) is 8.04. The molecule has 0 heterocycles. The van der Waals surface area contributed by atoms with Gasteiger partial charge < -0.3 is 5.32 Å². The van der Waals surface area contributed by atoms with Crippen molar-refractivity contribution in [2.45, 2.75) is 11.8 Å². The van der Waals surface area contributed by atoms with Gasteiger partial charge in [0, 0.05) is 17.9 Å². The lowest BCUT2D eigenvalue weighted by atomic mass is 10.2. The van der Waals surface area contributed by atoms with Crippen LogP contribution in [-0.2, 0) is 19.9 Å². The molecule has 0 fully saturated rings. The number of carbonyl (C=O) groups excluding carboxylic acids is 1. The quantitative estimate of drug-likeness (QED) is 0.538. The molecule has 162 valence electrons. The summed E-state index contributed by atoms with van der Waals surface area (Å²) in [4.78, 5) is 12.3. The molecule has 0 aliphatic heterocycles. The Morgan fingerprint density at radius 1 is 1.13 bits per heavy atom. The Morgan fingerprint density at radius 2 is 1.83 bits per heavy atom. The van der Waals surface area contributed by atoms with Crippen LogP contribution in [-0.4, -0.2) is 47.3 Å². The molecule has 0 aliphatic rings. The van der Waals surface area contributed by atoms with Crippen LogP contribution < -0.4 is 9.62 Å². The zero-order chi connectivity index (χ0) is 22.4. The van der Waals surface area contributed by atoms with Gasteiger partial charge in [0.1, 0.15) is 0 Å². The van der Waals surface area contributed by atoms with Gasteiger partial charge in [-0.05, 0) is 30.3 Å². The highest BCUT2D eigenvalue weighted by atomic mass is 35.5. The van der Waals surface area contributed by atoms with Crippen molar-refractivity contribution in [3.8, 4) is 0 Å². The number of nitrogens with zero attached hydrogens (tertiary/aromatic N) is 1. The van der Waals surface area contributed by atoms with Crippen LogP contribution in [0, 0.1) is 0 Å². The summed E-state index contributed by atoms with van der Waals surface area (Å²) in [5.74, 6) is -0.767. The van der Waals surface area contributed by atoms with Gasteiger partial charge in [-0.2, -0.15) is 0 Å². The average molecular weight is 471 g/mol. The summed E-state index contributed by atoms with van der Waals surface area (Å²) < 4.78 is 50.7. The van der Waals surface area contributed by atoms with Crippen LogP contribution in [0.1, 0.15) is 17.3 Å². The second-order valence-electron chi connectivity index (χ2n) is 6.30. The lowest BCUT2D eigenvalue weighted by molar-refractivity contribution is 0.0956. The first-order valence-electron chi connectivity index (χ1n) is 9.09. The predicted octanol–water partition coefficient (Wildman–Crippen LogP) is 2.89. The summed E-state index contributed by atoms with van der Waals surface area (Å²) in [7, 11) is -7.26. The number of amides is 1. The van der Waals surface area contributed by atoms with Gasteiger partial charge in [-0.15, -0.1) is 6.58 Å². The Hall–Kier alpha value is -2.36. The number of sulfone groups is 1. The molecule has 1 amide bonds.